The van der Waals surface area contributed by atoms with Crippen molar-refractivity contribution in [3.05, 3.63) is 29.8 Å². The average Bonchev–Trinajstić information content (AvgIpc) is 2.39. The number of hydrogen-bond donors (Lipinski definition) is 1. The van der Waals surface area contributed by atoms with Crippen LogP contribution in [0.3, 0.4) is 0 Å². The second-order valence-electron chi connectivity index (χ2n) is 4.83. The number of carbonyl (C=O) groups is 1. The van der Waals surface area contributed by atoms with Crippen LogP contribution < -0.4 is 4.74 Å². The van der Waals surface area contributed by atoms with Crippen molar-refractivity contribution in [1.29, 1.82) is 0 Å². The monoisotopic (exact) mass is 266 g/mol. The van der Waals surface area contributed by atoms with E-state index in [1.54, 1.807) is 14.0 Å². The van der Waals surface area contributed by atoms with Gasteiger partial charge in [0.2, 0.25) is 0 Å². The fourth-order valence-corrected chi connectivity index (χ4v) is 2.36. The third kappa shape index (κ3) is 3.70. The van der Waals surface area contributed by atoms with Crippen LogP contribution in [0.25, 0.3) is 0 Å². The first-order valence-corrected chi connectivity index (χ1v) is 6.38. The molecule has 0 aliphatic rings. The minimum Gasteiger partial charge on any atom is -0.496 e. The molecule has 1 aromatic carbocycles. The molecule has 0 aliphatic carbocycles. The number of rotatable bonds is 6. The van der Waals surface area contributed by atoms with Gasteiger partial charge in [0.05, 0.1) is 25.7 Å². The molecule has 4 nitrogen and oxygen atoms in total. The summed E-state index contributed by atoms with van der Waals surface area (Å²) in [5.41, 5.74) is -0.298. The number of esters is 1. The summed E-state index contributed by atoms with van der Waals surface area (Å²) in [4.78, 5) is 11.7. The molecule has 0 saturated heterocycles. The fraction of sp³-hybridized carbons (Fsp3) is 0.533. The maximum absolute atomic E-state index is 11.7. The molecule has 0 radical (unpaired) electrons. The summed E-state index contributed by atoms with van der Waals surface area (Å²) in [6.07, 6.45) is 0.861. The van der Waals surface area contributed by atoms with Crippen molar-refractivity contribution in [2.45, 2.75) is 32.3 Å². The van der Waals surface area contributed by atoms with Crippen LogP contribution in [0.1, 0.15) is 25.8 Å². The van der Waals surface area contributed by atoms with Gasteiger partial charge < -0.3 is 14.6 Å². The van der Waals surface area contributed by atoms with Crippen LogP contribution in [0.2, 0.25) is 0 Å². The van der Waals surface area contributed by atoms with E-state index in [0.29, 0.717) is 18.6 Å². The van der Waals surface area contributed by atoms with Crippen molar-refractivity contribution in [3.8, 4) is 5.75 Å². The van der Waals surface area contributed by atoms with Gasteiger partial charge in [0, 0.05) is 6.42 Å². The zero-order valence-electron chi connectivity index (χ0n) is 12.0. The van der Waals surface area contributed by atoms with Gasteiger partial charge in [-0.3, -0.25) is 4.79 Å². The topological polar surface area (TPSA) is 55.8 Å². The predicted octanol–water partition coefficient (Wildman–Crippen LogP) is 2.19. The first-order valence-electron chi connectivity index (χ1n) is 6.38. The first-order chi connectivity index (χ1) is 8.96. The largest absolute Gasteiger partial charge is 0.496 e. The van der Waals surface area contributed by atoms with Crippen LogP contribution in [0.4, 0.5) is 0 Å². The zero-order chi connectivity index (χ0) is 14.5. The Bertz CT molecular complexity index is 426. The van der Waals surface area contributed by atoms with E-state index in [1.165, 1.54) is 7.11 Å². The van der Waals surface area contributed by atoms with Crippen molar-refractivity contribution < 1.29 is 19.4 Å². The van der Waals surface area contributed by atoms with Gasteiger partial charge in [-0.25, -0.2) is 0 Å². The second-order valence-corrected chi connectivity index (χ2v) is 4.83. The molecular weight excluding hydrogens is 244 g/mol. The molecule has 0 saturated carbocycles. The van der Waals surface area contributed by atoms with Crippen LogP contribution in [0.15, 0.2) is 24.3 Å². The molecule has 0 fully saturated rings. The highest BCUT2D eigenvalue weighted by molar-refractivity contribution is 5.73. The van der Waals surface area contributed by atoms with Crippen LogP contribution in [-0.2, 0) is 16.0 Å². The Balaban J connectivity index is 2.97. The average molecular weight is 266 g/mol. The Morgan fingerprint density at radius 2 is 2.00 bits per heavy atom. The third-order valence-corrected chi connectivity index (χ3v) is 3.39. The van der Waals surface area contributed by atoms with E-state index in [9.17, 15) is 9.90 Å². The van der Waals surface area contributed by atoms with Crippen LogP contribution in [0, 0.1) is 5.92 Å². The zero-order valence-corrected chi connectivity index (χ0v) is 12.0. The Hall–Kier alpha value is -1.55. The summed E-state index contributed by atoms with van der Waals surface area (Å²) in [7, 11) is 2.93. The number of benzene rings is 1. The van der Waals surface area contributed by atoms with Gasteiger partial charge in [0.15, 0.2) is 0 Å². The molecule has 1 rings (SSSR count). The van der Waals surface area contributed by atoms with Gasteiger partial charge in [-0.05, 0) is 25.0 Å². The van der Waals surface area contributed by atoms with Crippen molar-refractivity contribution >= 4 is 5.97 Å². The fourth-order valence-electron chi connectivity index (χ4n) is 2.36. The quantitative estimate of drug-likeness (QED) is 0.802. The van der Waals surface area contributed by atoms with Gasteiger partial charge in [0.1, 0.15) is 5.75 Å². The molecule has 106 valence electrons. The maximum Gasteiger partial charge on any atom is 0.311 e. The lowest BCUT2D eigenvalue weighted by atomic mass is 9.82. The summed E-state index contributed by atoms with van der Waals surface area (Å²) in [5, 5.41) is 10.6. The van der Waals surface area contributed by atoms with E-state index in [1.807, 2.05) is 31.2 Å². The van der Waals surface area contributed by atoms with Gasteiger partial charge >= 0.3 is 5.97 Å². The number of hydrogen-bond acceptors (Lipinski definition) is 4. The van der Waals surface area contributed by atoms with E-state index in [2.05, 4.69) is 0 Å². The van der Waals surface area contributed by atoms with Crippen LogP contribution in [-0.4, -0.2) is 30.9 Å². The summed E-state index contributed by atoms with van der Waals surface area (Å²) < 4.78 is 10.0. The Kier molecular flexibility index (Phi) is 5.36. The highest BCUT2D eigenvalue weighted by Crippen LogP contribution is 2.29. The van der Waals surface area contributed by atoms with E-state index >= 15 is 0 Å². The molecule has 4 heteroatoms. The standard InChI is InChI=1S/C15H22O4/c1-5-12(14(16)19-4)15(2,17)10-11-8-6-7-9-13(11)18-3/h6-9,12,17H,5,10H2,1-4H3. The lowest BCUT2D eigenvalue weighted by Crippen LogP contribution is -2.42. The molecule has 1 N–H and O–H groups in total. The molecule has 19 heavy (non-hydrogen) atoms. The van der Waals surface area contributed by atoms with E-state index in [4.69, 9.17) is 9.47 Å². The Labute approximate surface area is 114 Å². The number of ether oxygens (including phenoxy) is 2. The van der Waals surface area contributed by atoms with Gasteiger partial charge in [0.25, 0.3) is 0 Å². The number of carbonyl (C=O) groups excluding carboxylic acids is 1. The molecule has 2 atom stereocenters. The van der Waals surface area contributed by atoms with E-state index in [0.717, 1.165) is 5.56 Å². The SMILES string of the molecule is CCC(C(=O)OC)C(C)(O)Cc1ccccc1OC. The summed E-state index contributed by atoms with van der Waals surface area (Å²) in [6, 6.07) is 7.48. The van der Waals surface area contributed by atoms with Gasteiger partial charge in [-0.15, -0.1) is 0 Å². The molecular formula is C15H22O4. The minimum atomic E-state index is -1.17. The van der Waals surface area contributed by atoms with Crippen molar-refractivity contribution in [3.63, 3.8) is 0 Å². The van der Waals surface area contributed by atoms with Crippen LogP contribution >= 0.6 is 0 Å². The Morgan fingerprint density at radius 3 is 2.53 bits per heavy atom. The summed E-state index contributed by atoms with van der Waals surface area (Å²) in [6.45, 7) is 3.52. The molecule has 1 aromatic rings. The molecule has 0 amide bonds. The highest BCUT2D eigenvalue weighted by atomic mass is 16.5. The lowest BCUT2D eigenvalue weighted by molar-refractivity contribution is -0.154. The number of methoxy groups -OCH3 is 2. The van der Waals surface area contributed by atoms with E-state index < -0.39 is 11.5 Å². The molecule has 0 spiro atoms. The maximum atomic E-state index is 11.7. The minimum absolute atomic E-state index is 0.338. The van der Waals surface area contributed by atoms with Gasteiger partial charge in [-0.2, -0.15) is 0 Å². The molecule has 2 unspecified atom stereocenters. The first kappa shape index (κ1) is 15.5. The molecule has 0 aromatic heterocycles. The normalized spacial score (nSPS) is 15.4. The van der Waals surface area contributed by atoms with Gasteiger partial charge in [-0.1, -0.05) is 25.1 Å². The second kappa shape index (κ2) is 6.57. The highest BCUT2D eigenvalue weighted by Gasteiger charge is 2.37. The van der Waals surface area contributed by atoms with Crippen molar-refractivity contribution in [1.82, 2.24) is 0 Å². The number of aliphatic hydroxyl groups is 1. The molecule has 0 bridgehead atoms. The number of para-hydroxylation sites is 1. The lowest BCUT2D eigenvalue weighted by Gasteiger charge is -2.30. The Morgan fingerprint density at radius 1 is 1.37 bits per heavy atom. The van der Waals surface area contributed by atoms with Crippen LogP contribution in [0.5, 0.6) is 5.75 Å². The van der Waals surface area contributed by atoms with Crippen molar-refractivity contribution in [2.75, 3.05) is 14.2 Å². The third-order valence-electron chi connectivity index (χ3n) is 3.39. The summed E-state index contributed by atoms with van der Waals surface area (Å²) >= 11 is 0. The smallest absolute Gasteiger partial charge is 0.311 e. The van der Waals surface area contributed by atoms with Crippen molar-refractivity contribution in [2.24, 2.45) is 5.92 Å². The molecule has 0 aliphatic heterocycles. The summed E-state index contributed by atoms with van der Waals surface area (Å²) in [5.74, 6) is -0.229. The molecule has 0 heterocycles. The predicted molar refractivity (Wildman–Crippen MR) is 73.1 cm³/mol. The van der Waals surface area contributed by atoms with E-state index in [-0.39, 0.29) is 5.97 Å².